The minimum Gasteiger partial charge on any atom is -0.147 e. The van der Waals surface area contributed by atoms with Crippen molar-refractivity contribution in [2.24, 2.45) is 0 Å². The molecule has 0 heterocycles. The average molecular weight is 231 g/mol. The van der Waals surface area contributed by atoms with Crippen LogP contribution in [0.5, 0.6) is 0 Å². The van der Waals surface area contributed by atoms with Crippen LogP contribution < -0.4 is 5.30 Å². The normalized spacial score (nSPS) is 10.4. The predicted octanol–water partition coefficient (Wildman–Crippen LogP) is 3.99. The highest BCUT2D eigenvalue weighted by Crippen LogP contribution is 2.13. The van der Waals surface area contributed by atoms with Gasteiger partial charge in [-0.2, -0.15) is 0 Å². The first kappa shape index (κ1) is 13.9. The SMILES string of the molecule is CCCCCCPc1ccccc1.Cl. The molecule has 14 heavy (non-hydrogen) atoms. The molecule has 1 aromatic carbocycles. The van der Waals surface area contributed by atoms with Crippen LogP contribution in [0.3, 0.4) is 0 Å². The van der Waals surface area contributed by atoms with Gasteiger partial charge < -0.3 is 0 Å². The Bertz CT molecular complexity index is 211. The first-order valence-electron chi connectivity index (χ1n) is 5.22. The van der Waals surface area contributed by atoms with Crippen molar-refractivity contribution in [3.05, 3.63) is 30.3 Å². The Kier molecular flexibility index (Phi) is 9.45. The summed E-state index contributed by atoms with van der Waals surface area (Å²) in [4.78, 5) is 0. The Balaban J connectivity index is 0.00000169. The number of unbranched alkanes of at least 4 members (excludes halogenated alkanes) is 3. The third kappa shape index (κ3) is 6.40. The van der Waals surface area contributed by atoms with Gasteiger partial charge in [0.05, 0.1) is 0 Å². The van der Waals surface area contributed by atoms with Crippen molar-refractivity contribution >= 4 is 26.3 Å². The van der Waals surface area contributed by atoms with E-state index in [1.54, 1.807) is 0 Å². The van der Waals surface area contributed by atoms with E-state index in [1.165, 1.54) is 37.1 Å². The molecule has 0 aromatic heterocycles. The molecule has 1 rings (SSSR count). The third-order valence-corrected chi connectivity index (χ3v) is 3.48. The smallest absolute Gasteiger partial charge is 0.0271 e. The summed E-state index contributed by atoms with van der Waals surface area (Å²) in [6, 6.07) is 10.8. The van der Waals surface area contributed by atoms with Gasteiger partial charge in [0, 0.05) is 0 Å². The molecule has 0 aliphatic heterocycles. The molecule has 0 fully saturated rings. The van der Waals surface area contributed by atoms with Crippen molar-refractivity contribution in [3.8, 4) is 0 Å². The highest BCUT2D eigenvalue weighted by Gasteiger charge is 1.91. The molecule has 0 saturated heterocycles. The molecule has 0 radical (unpaired) electrons. The minimum absolute atomic E-state index is 0. The number of rotatable bonds is 6. The summed E-state index contributed by atoms with van der Waals surface area (Å²) >= 11 is 0. The summed E-state index contributed by atoms with van der Waals surface area (Å²) in [5.74, 6) is 0. The second kappa shape index (κ2) is 9.49. The molecule has 0 nitrogen and oxygen atoms in total. The lowest BCUT2D eigenvalue weighted by atomic mass is 10.2. The van der Waals surface area contributed by atoms with Crippen molar-refractivity contribution in [2.45, 2.75) is 32.6 Å². The predicted molar refractivity (Wildman–Crippen MR) is 70.6 cm³/mol. The van der Waals surface area contributed by atoms with E-state index in [9.17, 15) is 0 Å². The molecule has 0 aliphatic carbocycles. The maximum absolute atomic E-state index is 2.26. The monoisotopic (exact) mass is 230 g/mol. The van der Waals surface area contributed by atoms with E-state index in [0.29, 0.717) is 0 Å². The van der Waals surface area contributed by atoms with Crippen LogP contribution in [-0.4, -0.2) is 6.16 Å². The summed E-state index contributed by atoms with van der Waals surface area (Å²) in [7, 11) is 1.02. The molecule has 1 unspecified atom stereocenters. The Morgan fingerprint density at radius 3 is 2.36 bits per heavy atom. The summed E-state index contributed by atoms with van der Waals surface area (Å²) in [5.41, 5.74) is 0. The zero-order chi connectivity index (χ0) is 9.36. The van der Waals surface area contributed by atoms with Gasteiger partial charge in [-0.15, -0.1) is 12.4 Å². The summed E-state index contributed by atoms with van der Waals surface area (Å²) < 4.78 is 0. The number of benzene rings is 1. The molecule has 0 spiro atoms. The van der Waals surface area contributed by atoms with Gasteiger partial charge in [-0.1, -0.05) is 65.1 Å². The van der Waals surface area contributed by atoms with Gasteiger partial charge in [0.25, 0.3) is 0 Å². The molecule has 1 atom stereocenters. The maximum Gasteiger partial charge on any atom is -0.0271 e. The maximum atomic E-state index is 2.26. The van der Waals surface area contributed by atoms with Crippen molar-refractivity contribution in [1.82, 2.24) is 0 Å². The second-order valence-electron chi connectivity index (χ2n) is 3.35. The van der Waals surface area contributed by atoms with Gasteiger partial charge in [-0.05, 0) is 17.9 Å². The van der Waals surface area contributed by atoms with E-state index in [1.807, 2.05) is 0 Å². The third-order valence-electron chi connectivity index (χ3n) is 2.13. The van der Waals surface area contributed by atoms with Crippen LogP contribution in [0.25, 0.3) is 0 Å². The Hall–Kier alpha value is -0.0600. The van der Waals surface area contributed by atoms with Gasteiger partial charge >= 0.3 is 0 Å². The number of hydrogen-bond acceptors (Lipinski definition) is 0. The van der Waals surface area contributed by atoms with Crippen LogP contribution in [0.2, 0.25) is 0 Å². The lowest BCUT2D eigenvalue weighted by Gasteiger charge is -2.00. The van der Waals surface area contributed by atoms with Crippen LogP contribution in [0.1, 0.15) is 32.6 Å². The lowest BCUT2D eigenvalue weighted by molar-refractivity contribution is 0.706. The number of hydrogen-bond donors (Lipinski definition) is 0. The molecule has 0 N–H and O–H groups in total. The van der Waals surface area contributed by atoms with E-state index in [0.717, 1.165) is 8.58 Å². The highest BCUT2D eigenvalue weighted by atomic mass is 35.5. The van der Waals surface area contributed by atoms with Crippen LogP contribution in [-0.2, 0) is 0 Å². The first-order chi connectivity index (χ1) is 6.43. The highest BCUT2D eigenvalue weighted by molar-refractivity contribution is 7.47. The van der Waals surface area contributed by atoms with Crippen molar-refractivity contribution in [3.63, 3.8) is 0 Å². The lowest BCUT2D eigenvalue weighted by Crippen LogP contribution is -1.93. The van der Waals surface area contributed by atoms with E-state index >= 15 is 0 Å². The van der Waals surface area contributed by atoms with Gasteiger partial charge in [0.15, 0.2) is 0 Å². The fourth-order valence-electron chi connectivity index (χ4n) is 1.34. The fourth-order valence-corrected chi connectivity index (χ4v) is 2.48. The second-order valence-corrected chi connectivity index (χ2v) is 4.78. The van der Waals surface area contributed by atoms with Gasteiger partial charge in [-0.3, -0.25) is 0 Å². The molecule has 2 heteroatoms. The van der Waals surface area contributed by atoms with Crippen LogP contribution >= 0.6 is 21.0 Å². The molecule has 0 bridgehead atoms. The molecule has 0 amide bonds. The largest absolute Gasteiger partial charge is 0.147 e. The Morgan fingerprint density at radius 1 is 1.00 bits per heavy atom. The van der Waals surface area contributed by atoms with E-state index < -0.39 is 0 Å². The van der Waals surface area contributed by atoms with Crippen LogP contribution in [0.15, 0.2) is 30.3 Å². The van der Waals surface area contributed by atoms with E-state index in [4.69, 9.17) is 0 Å². The quantitative estimate of drug-likeness (QED) is 0.512. The fraction of sp³-hybridized carbons (Fsp3) is 0.500. The average Bonchev–Trinajstić information content (AvgIpc) is 2.19. The molecule has 1 aromatic rings. The zero-order valence-electron chi connectivity index (χ0n) is 8.83. The van der Waals surface area contributed by atoms with Crippen molar-refractivity contribution in [2.75, 3.05) is 6.16 Å². The van der Waals surface area contributed by atoms with Crippen LogP contribution in [0, 0.1) is 0 Å². The summed E-state index contributed by atoms with van der Waals surface area (Å²) in [6.07, 6.45) is 6.94. The van der Waals surface area contributed by atoms with Gasteiger partial charge in [0.2, 0.25) is 0 Å². The Labute approximate surface area is 95.7 Å². The Morgan fingerprint density at radius 2 is 1.71 bits per heavy atom. The van der Waals surface area contributed by atoms with Gasteiger partial charge in [0.1, 0.15) is 0 Å². The first-order valence-corrected chi connectivity index (χ1v) is 6.43. The molecular weight excluding hydrogens is 211 g/mol. The van der Waals surface area contributed by atoms with Crippen molar-refractivity contribution < 1.29 is 0 Å². The summed E-state index contributed by atoms with van der Waals surface area (Å²) in [6.45, 7) is 2.26. The van der Waals surface area contributed by atoms with Crippen LogP contribution in [0.4, 0.5) is 0 Å². The van der Waals surface area contributed by atoms with E-state index in [2.05, 4.69) is 37.3 Å². The topological polar surface area (TPSA) is 0 Å². The standard InChI is InChI=1S/C12H19P.ClH/c1-2-3-4-8-11-13-12-9-6-5-7-10-12;/h5-7,9-10,13H,2-4,8,11H2,1H3;1H. The molecule has 80 valence electrons. The zero-order valence-corrected chi connectivity index (χ0v) is 10.6. The summed E-state index contributed by atoms with van der Waals surface area (Å²) in [5, 5.41) is 1.51. The molecule has 0 saturated carbocycles. The van der Waals surface area contributed by atoms with Gasteiger partial charge in [-0.25, -0.2) is 0 Å². The molecule has 0 aliphatic rings. The minimum atomic E-state index is 0. The molecular formula is C12H20ClP. The number of halogens is 1. The van der Waals surface area contributed by atoms with Crippen molar-refractivity contribution in [1.29, 1.82) is 0 Å². The van der Waals surface area contributed by atoms with E-state index in [-0.39, 0.29) is 12.4 Å².